The fourth-order valence-electron chi connectivity index (χ4n) is 1.95. The molecule has 0 heterocycles. The van der Waals surface area contributed by atoms with Crippen molar-refractivity contribution < 1.29 is 13.9 Å². The lowest BCUT2D eigenvalue weighted by Crippen LogP contribution is -2.22. The summed E-state index contributed by atoms with van der Waals surface area (Å²) < 4.78 is 18.4. The molecule has 1 amide bonds. The summed E-state index contributed by atoms with van der Waals surface area (Å²) in [6, 6.07) is 12.2. The van der Waals surface area contributed by atoms with Gasteiger partial charge in [0.2, 0.25) is 0 Å². The van der Waals surface area contributed by atoms with Gasteiger partial charge in [0.25, 0.3) is 5.91 Å². The second-order valence-corrected chi connectivity index (χ2v) is 4.90. The lowest BCUT2D eigenvalue weighted by Gasteiger charge is -2.07. The van der Waals surface area contributed by atoms with Crippen molar-refractivity contribution in [2.75, 3.05) is 7.11 Å². The SMILES string of the molecule is COCc1ccc(C(=O)NCc2ccc(C)c(F)c2)cc1. The lowest BCUT2D eigenvalue weighted by atomic mass is 10.1. The maximum atomic E-state index is 13.4. The highest BCUT2D eigenvalue weighted by Crippen LogP contribution is 2.10. The Balaban J connectivity index is 1.96. The van der Waals surface area contributed by atoms with Gasteiger partial charge < -0.3 is 10.1 Å². The predicted octanol–water partition coefficient (Wildman–Crippen LogP) is 3.21. The molecule has 0 radical (unpaired) electrons. The molecule has 0 aromatic heterocycles. The maximum absolute atomic E-state index is 13.4. The number of carbonyl (C=O) groups excluding carboxylic acids is 1. The molecule has 2 aromatic carbocycles. The van der Waals surface area contributed by atoms with E-state index in [2.05, 4.69) is 5.32 Å². The number of halogens is 1. The minimum atomic E-state index is -0.259. The summed E-state index contributed by atoms with van der Waals surface area (Å²) in [6.45, 7) is 2.53. The number of nitrogens with one attached hydrogen (secondary N) is 1. The summed E-state index contributed by atoms with van der Waals surface area (Å²) in [5.74, 6) is -0.439. The summed E-state index contributed by atoms with van der Waals surface area (Å²) >= 11 is 0. The molecule has 4 heteroatoms. The van der Waals surface area contributed by atoms with E-state index < -0.39 is 0 Å². The summed E-state index contributed by atoms with van der Waals surface area (Å²) in [7, 11) is 1.63. The highest BCUT2D eigenvalue weighted by atomic mass is 19.1. The van der Waals surface area contributed by atoms with Gasteiger partial charge in [-0.25, -0.2) is 4.39 Å². The van der Waals surface area contributed by atoms with Crippen LogP contribution in [-0.2, 0) is 17.9 Å². The second kappa shape index (κ2) is 6.99. The molecule has 0 aliphatic carbocycles. The second-order valence-electron chi connectivity index (χ2n) is 4.90. The number of hydrogen-bond donors (Lipinski definition) is 1. The third kappa shape index (κ3) is 4.13. The van der Waals surface area contributed by atoms with Crippen LogP contribution < -0.4 is 5.32 Å². The van der Waals surface area contributed by atoms with E-state index in [0.717, 1.165) is 11.1 Å². The molecular formula is C17H18FNO2. The molecule has 2 rings (SSSR count). The maximum Gasteiger partial charge on any atom is 0.251 e. The van der Waals surface area contributed by atoms with Crippen LogP contribution in [0.15, 0.2) is 42.5 Å². The standard InChI is InChI=1S/C17H18FNO2/c1-12-3-4-14(9-16(12)18)10-19-17(20)15-7-5-13(6-8-15)11-21-2/h3-9H,10-11H2,1-2H3,(H,19,20). The number of benzene rings is 2. The van der Waals surface area contributed by atoms with Gasteiger partial charge >= 0.3 is 0 Å². The molecule has 2 aromatic rings. The van der Waals surface area contributed by atoms with Gasteiger partial charge in [0.05, 0.1) is 6.61 Å². The summed E-state index contributed by atoms with van der Waals surface area (Å²) in [6.07, 6.45) is 0. The Bertz CT molecular complexity index is 623. The largest absolute Gasteiger partial charge is 0.380 e. The Morgan fingerprint density at radius 1 is 1.14 bits per heavy atom. The number of hydrogen-bond acceptors (Lipinski definition) is 2. The monoisotopic (exact) mass is 287 g/mol. The molecule has 110 valence electrons. The van der Waals surface area contributed by atoms with Crippen molar-refractivity contribution in [2.45, 2.75) is 20.1 Å². The Hall–Kier alpha value is -2.20. The summed E-state index contributed by atoms with van der Waals surface area (Å²) in [5.41, 5.74) is 2.92. The zero-order valence-electron chi connectivity index (χ0n) is 12.2. The Morgan fingerprint density at radius 2 is 1.81 bits per heavy atom. The number of ether oxygens (including phenoxy) is 1. The molecule has 0 spiro atoms. The smallest absolute Gasteiger partial charge is 0.251 e. The number of aryl methyl sites for hydroxylation is 1. The van der Waals surface area contributed by atoms with Gasteiger partial charge in [0.15, 0.2) is 0 Å². The first-order valence-corrected chi connectivity index (χ1v) is 6.71. The molecule has 0 atom stereocenters. The van der Waals surface area contributed by atoms with Crippen molar-refractivity contribution in [3.63, 3.8) is 0 Å². The molecule has 0 saturated carbocycles. The van der Waals surface area contributed by atoms with Crippen molar-refractivity contribution in [3.8, 4) is 0 Å². The molecule has 0 aliphatic heterocycles. The van der Waals surface area contributed by atoms with E-state index in [1.54, 1.807) is 38.3 Å². The van der Waals surface area contributed by atoms with Gasteiger partial charge in [0.1, 0.15) is 5.82 Å². The molecule has 1 N–H and O–H groups in total. The van der Waals surface area contributed by atoms with Crippen molar-refractivity contribution in [1.29, 1.82) is 0 Å². The van der Waals surface area contributed by atoms with Crippen LogP contribution in [0, 0.1) is 12.7 Å². The van der Waals surface area contributed by atoms with Crippen LogP contribution in [0.1, 0.15) is 27.0 Å². The normalized spacial score (nSPS) is 10.4. The van der Waals surface area contributed by atoms with E-state index in [0.29, 0.717) is 24.3 Å². The number of rotatable bonds is 5. The average Bonchev–Trinajstić information content (AvgIpc) is 2.49. The van der Waals surface area contributed by atoms with Gasteiger partial charge in [-0.3, -0.25) is 4.79 Å². The first-order valence-electron chi connectivity index (χ1n) is 6.71. The minimum absolute atomic E-state index is 0.181. The molecule has 0 saturated heterocycles. The molecule has 0 unspecified atom stereocenters. The van der Waals surface area contributed by atoms with Crippen LogP contribution in [0.2, 0.25) is 0 Å². The fraction of sp³-hybridized carbons (Fsp3) is 0.235. The topological polar surface area (TPSA) is 38.3 Å². The van der Waals surface area contributed by atoms with Gasteiger partial charge in [-0.15, -0.1) is 0 Å². The van der Waals surface area contributed by atoms with E-state index in [4.69, 9.17) is 4.74 Å². The van der Waals surface area contributed by atoms with Crippen LogP contribution in [-0.4, -0.2) is 13.0 Å². The Kier molecular flexibility index (Phi) is 5.06. The minimum Gasteiger partial charge on any atom is -0.380 e. The van der Waals surface area contributed by atoms with E-state index >= 15 is 0 Å². The zero-order valence-corrected chi connectivity index (χ0v) is 12.2. The quantitative estimate of drug-likeness (QED) is 0.917. The average molecular weight is 287 g/mol. The number of carbonyl (C=O) groups is 1. The summed E-state index contributed by atoms with van der Waals surface area (Å²) in [4.78, 5) is 12.0. The van der Waals surface area contributed by atoms with Crippen LogP contribution in [0.25, 0.3) is 0 Å². The fourth-order valence-corrected chi connectivity index (χ4v) is 1.95. The van der Waals surface area contributed by atoms with Gasteiger partial charge in [-0.2, -0.15) is 0 Å². The number of amides is 1. The Morgan fingerprint density at radius 3 is 2.43 bits per heavy atom. The van der Waals surface area contributed by atoms with Crippen LogP contribution >= 0.6 is 0 Å². The van der Waals surface area contributed by atoms with E-state index in [-0.39, 0.29) is 11.7 Å². The molecule has 0 bridgehead atoms. The van der Waals surface area contributed by atoms with E-state index in [1.807, 2.05) is 12.1 Å². The highest BCUT2D eigenvalue weighted by molar-refractivity contribution is 5.94. The molecule has 0 aliphatic rings. The van der Waals surface area contributed by atoms with Gasteiger partial charge in [-0.05, 0) is 41.8 Å². The summed E-state index contributed by atoms with van der Waals surface area (Å²) in [5, 5.41) is 2.78. The molecular weight excluding hydrogens is 269 g/mol. The zero-order chi connectivity index (χ0) is 15.2. The van der Waals surface area contributed by atoms with Crippen molar-refractivity contribution in [2.24, 2.45) is 0 Å². The van der Waals surface area contributed by atoms with Crippen LogP contribution in [0.5, 0.6) is 0 Å². The van der Waals surface area contributed by atoms with Crippen molar-refractivity contribution >= 4 is 5.91 Å². The number of methoxy groups -OCH3 is 1. The first kappa shape index (κ1) is 15.2. The molecule has 21 heavy (non-hydrogen) atoms. The van der Waals surface area contributed by atoms with Crippen molar-refractivity contribution in [3.05, 3.63) is 70.5 Å². The molecule has 3 nitrogen and oxygen atoms in total. The Labute approximate surface area is 123 Å². The first-order chi connectivity index (χ1) is 10.1. The van der Waals surface area contributed by atoms with Crippen LogP contribution in [0.3, 0.4) is 0 Å². The third-order valence-electron chi connectivity index (χ3n) is 3.22. The van der Waals surface area contributed by atoms with Crippen LogP contribution in [0.4, 0.5) is 4.39 Å². The van der Waals surface area contributed by atoms with Gasteiger partial charge in [-0.1, -0.05) is 24.3 Å². The third-order valence-corrected chi connectivity index (χ3v) is 3.22. The predicted molar refractivity (Wildman–Crippen MR) is 79.5 cm³/mol. The van der Waals surface area contributed by atoms with E-state index in [1.165, 1.54) is 6.07 Å². The van der Waals surface area contributed by atoms with E-state index in [9.17, 15) is 9.18 Å². The highest BCUT2D eigenvalue weighted by Gasteiger charge is 2.06. The lowest BCUT2D eigenvalue weighted by molar-refractivity contribution is 0.0950. The van der Waals surface area contributed by atoms with Crippen molar-refractivity contribution in [1.82, 2.24) is 5.32 Å². The molecule has 0 fully saturated rings. The van der Waals surface area contributed by atoms with Gasteiger partial charge in [0, 0.05) is 19.2 Å².